The van der Waals surface area contributed by atoms with Gasteiger partial charge in [0.2, 0.25) is 0 Å². The van der Waals surface area contributed by atoms with E-state index in [9.17, 15) is 4.79 Å². The molecule has 0 saturated carbocycles. The molecule has 1 unspecified atom stereocenters. The van der Waals surface area contributed by atoms with Gasteiger partial charge >= 0.3 is 5.97 Å². The first-order chi connectivity index (χ1) is 16.1. The average molecular weight is 472 g/mol. The highest BCUT2D eigenvalue weighted by molar-refractivity contribution is 5.76. The number of hydrogen-bond donors (Lipinski definition) is 0. The van der Waals surface area contributed by atoms with Crippen molar-refractivity contribution < 1.29 is 28.5 Å². The molecule has 34 heavy (non-hydrogen) atoms. The van der Waals surface area contributed by atoms with Crippen LogP contribution in [0.25, 0.3) is 0 Å². The first-order valence-corrected chi connectivity index (χ1v) is 11.6. The average Bonchev–Trinajstić information content (AvgIpc) is 2.81. The quantitative estimate of drug-likeness (QED) is 0.522. The van der Waals surface area contributed by atoms with Gasteiger partial charge in [0, 0.05) is 12.6 Å². The number of carbonyl (C=O) groups is 1. The lowest BCUT2D eigenvalue weighted by Gasteiger charge is -2.41. The Kier molecular flexibility index (Phi) is 7.97. The van der Waals surface area contributed by atoms with Crippen LogP contribution in [0.15, 0.2) is 30.3 Å². The molecular formula is C27H37NO6. The van der Waals surface area contributed by atoms with Crippen LogP contribution in [0.2, 0.25) is 0 Å². The second-order valence-corrected chi connectivity index (χ2v) is 9.51. The van der Waals surface area contributed by atoms with Crippen LogP contribution in [-0.2, 0) is 22.4 Å². The van der Waals surface area contributed by atoms with E-state index in [0.29, 0.717) is 29.4 Å². The Hall–Kier alpha value is -2.93. The van der Waals surface area contributed by atoms with Crippen LogP contribution in [0.4, 0.5) is 0 Å². The maximum Gasteiger partial charge on any atom is 0.323 e. The molecule has 7 nitrogen and oxygen atoms in total. The molecule has 0 amide bonds. The van der Waals surface area contributed by atoms with Gasteiger partial charge < -0.3 is 23.7 Å². The second-order valence-electron chi connectivity index (χ2n) is 9.51. The smallest absolute Gasteiger partial charge is 0.323 e. The monoisotopic (exact) mass is 471 g/mol. The standard InChI is InChI=1S/C27H37NO6/c1-17(26(29)34-27(2,3)4)28-12-11-19-15-24(32-7)25(33-8)16-20(19)21(28)13-18-9-10-22(30-5)23(14-18)31-6/h9-10,14-17,21H,11-13H2,1-8H3/t17?,21-/m1/s1. The van der Waals surface area contributed by atoms with Gasteiger partial charge in [0.15, 0.2) is 23.0 Å². The topological polar surface area (TPSA) is 66.5 Å². The van der Waals surface area contributed by atoms with Gasteiger partial charge in [-0.15, -0.1) is 0 Å². The maximum atomic E-state index is 13.0. The third kappa shape index (κ3) is 5.58. The van der Waals surface area contributed by atoms with Crippen LogP contribution >= 0.6 is 0 Å². The van der Waals surface area contributed by atoms with E-state index < -0.39 is 11.6 Å². The van der Waals surface area contributed by atoms with Crippen molar-refractivity contribution in [2.24, 2.45) is 0 Å². The fraction of sp³-hybridized carbons (Fsp3) is 0.519. The summed E-state index contributed by atoms with van der Waals surface area (Å²) in [5, 5.41) is 0. The Labute approximate surface area is 202 Å². The zero-order chi connectivity index (χ0) is 25.0. The third-order valence-electron chi connectivity index (χ3n) is 6.17. The zero-order valence-electron chi connectivity index (χ0n) is 21.6. The van der Waals surface area contributed by atoms with E-state index in [1.807, 2.05) is 58.0 Å². The Bertz CT molecular complexity index is 1010. The molecule has 186 valence electrons. The zero-order valence-corrected chi connectivity index (χ0v) is 21.6. The van der Waals surface area contributed by atoms with Gasteiger partial charge in [0.1, 0.15) is 11.6 Å². The lowest BCUT2D eigenvalue weighted by Crippen LogP contribution is -2.48. The van der Waals surface area contributed by atoms with E-state index in [1.165, 1.54) is 5.56 Å². The second kappa shape index (κ2) is 10.6. The highest BCUT2D eigenvalue weighted by Crippen LogP contribution is 2.41. The molecule has 2 aromatic carbocycles. The number of nitrogens with zero attached hydrogens (tertiary/aromatic N) is 1. The molecule has 0 fully saturated rings. The molecule has 1 heterocycles. The largest absolute Gasteiger partial charge is 0.493 e. The molecule has 2 atom stereocenters. The van der Waals surface area contributed by atoms with Crippen molar-refractivity contribution in [2.45, 2.75) is 58.2 Å². The van der Waals surface area contributed by atoms with Crippen LogP contribution in [0.1, 0.15) is 50.4 Å². The molecule has 1 aliphatic rings. The number of rotatable bonds is 8. The third-order valence-corrected chi connectivity index (χ3v) is 6.17. The Morgan fingerprint density at radius 1 is 0.941 bits per heavy atom. The van der Waals surface area contributed by atoms with Crippen molar-refractivity contribution in [1.29, 1.82) is 0 Å². The molecular weight excluding hydrogens is 434 g/mol. The molecule has 0 bridgehead atoms. The van der Waals surface area contributed by atoms with E-state index in [4.69, 9.17) is 23.7 Å². The van der Waals surface area contributed by atoms with Gasteiger partial charge in [-0.2, -0.15) is 0 Å². The van der Waals surface area contributed by atoms with Crippen LogP contribution in [0.3, 0.4) is 0 Å². The number of benzene rings is 2. The summed E-state index contributed by atoms with van der Waals surface area (Å²) in [6, 6.07) is 9.54. The van der Waals surface area contributed by atoms with Crippen molar-refractivity contribution in [1.82, 2.24) is 4.90 Å². The molecule has 0 aliphatic carbocycles. The van der Waals surface area contributed by atoms with Crippen molar-refractivity contribution in [3.8, 4) is 23.0 Å². The Morgan fingerprint density at radius 2 is 1.53 bits per heavy atom. The minimum atomic E-state index is -0.547. The van der Waals surface area contributed by atoms with Gasteiger partial charge in [-0.3, -0.25) is 9.69 Å². The fourth-order valence-corrected chi connectivity index (χ4v) is 4.49. The molecule has 1 aliphatic heterocycles. The number of esters is 1. The van der Waals surface area contributed by atoms with Gasteiger partial charge in [-0.25, -0.2) is 0 Å². The van der Waals surface area contributed by atoms with E-state index in [-0.39, 0.29) is 12.0 Å². The van der Waals surface area contributed by atoms with Crippen LogP contribution in [0, 0.1) is 0 Å². The van der Waals surface area contributed by atoms with Gasteiger partial charge in [-0.05, 0) is 81.5 Å². The highest BCUT2D eigenvalue weighted by atomic mass is 16.6. The normalized spacial score (nSPS) is 16.9. The fourth-order valence-electron chi connectivity index (χ4n) is 4.49. The van der Waals surface area contributed by atoms with Crippen LogP contribution in [-0.4, -0.2) is 57.5 Å². The van der Waals surface area contributed by atoms with Gasteiger partial charge in [0.25, 0.3) is 0 Å². The lowest BCUT2D eigenvalue weighted by atomic mass is 9.87. The van der Waals surface area contributed by atoms with E-state index >= 15 is 0 Å². The summed E-state index contributed by atoms with van der Waals surface area (Å²) in [6.45, 7) is 8.31. The number of hydrogen-bond acceptors (Lipinski definition) is 7. The minimum Gasteiger partial charge on any atom is -0.493 e. The van der Waals surface area contributed by atoms with Crippen LogP contribution in [0.5, 0.6) is 23.0 Å². The molecule has 0 spiro atoms. The van der Waals surface area contributed by atoms with Gasteiger partial charge in [-0.1, -0.05) is 6.07 Å². The summed E-state index contributed by atoms with van der Waals surface area (Å²) in [7, 11) is 6.53. The summed E-state index contributed by atoms with van der Waals surface area (Å²) in [5.74, 6) is 2.51. The first-order valence-electron chi connectivity index (χ1n) is 11.6. The van der Waals surface area contributed by atoms with Crippen molar-refractivity contribution in [3.05, 3.63) is 47.0 Å². The molecule has 7 heteroatoms. The predicted octanol–water partition coefficient (Wildman–Crippen LogP) is 4.59. The molecule has 2 aromatic rings. The molecule has 0 aromatic heterocycles. The maximum absolute atomic E-state index is 13.0. The van der Waals surface area contributed by atoms with E-state index in [1.54, 1.807) is 28.4 Å². The summed E-state index contributed by atoms with van der Waals surface area (Å²) < 4.78 is 27.8. The van der Waals surface area contributed by atoms with E-state index in [0.717, 1.165) is 24.1 Å². The summed E-state index contributed by atoms with van der Waals surface area (Å²) >= 11 is 0. The highest BCUT2D eigenvalue weighted by Gasteiger charge is 2.36. The van der Waals surface area contributed by atoms with Crippen molar-refractivity contribution in [3.63, 3.8) is 0 Å². The number of ether oxygens (including phenoxy) is 5. The summed E-state index contributed by atoms with van der Waals surface area (Å²) in [5.41, 5.74) is 2.84. The number of carbonyl (C=O) groups excluding carboxylic acids is 1. The van der Waals surface area contributed by atoms with E-state index in [2.05, 4.69) is 4.90 Å². The summed E-state index contributed by atoms with van der Waals surface area (Å²) in [6.07, 6.45) is 1.47. The Balaban J connectivity index is 2.04. The number of methoxy groups -OCH3 is 4. The predicted molar refractivity (Wildman–Crippen MR) is 131 cm³/mol. The van der Waals surface area contributed by atoms with Crippen LogP contribution < -0.4 is 18.9 Å². The molecule has 3 rings (SSSR count). The summed E-state index contributed by atoms with van der Waals surface area (Å²) in [4.78, 5) is 15.3. The molecule has 0 N–H and O–H groups in total. The molecule has 0 radical (unpaired) electrons. The lowest BCUT2D eigenvalue weighted by molar-refractivity contribution is -0.162. The van der Waals surface area contributed by atoms with Crippen molar-refractivity contribution in [2.75, 3.05) is 35.0 Å². The minimum absolute atomic E-state index is 0.0656. The number of fused-ring (bicyclic) bond motifs is 1. The molecule has 0 saturated heterocycles. The SMILES string of the molecule is COc1ccc(C[C@@H]2c3cc(OC)c(OC)cc3CCN2C(C)C(=O)OC(C)(C)C)cc1OC. The van der Waals surface area contributed by atoms with Gasteiger partial charge in [0.05, 0.1) is 28.4 Å². The van der Waals surface area contributed by atoms with Crippen molar-refractivity contribution >= 4 is 5.97 Å². The first kappa shape index (κ1) is 25.7. The Morgan fingerprint density at radius 3 is 2.12 bits per heavy atom.